The molecule has 0 aromatic heterocycles. The van der Waals surface area contributed by atoms with Crippen molar-refractivity contribution in [3.63, 3.8) is 0 Å². The van der Waals surface area contributed by atoms with E-state index in [1.165, 1.54) is 30.4 Å². The second kappa shape index (κ2) is 7.63. The molecule has 1 saturated carbocycles. The van der Waals surface area contributed by atoms with Gasteiger partial charge in [0.25, 0.3) is 0 Å². The third-order valence-electron chi connectivity index (χ3n) is 3.72. The van der Waals surface area contributed by atoms with Crippen molar-refractivity contribution < 1.29 is 4.74 Å². The zero-order valence-electron chi connectivity index (χ0n) is 11.3. The Morgan fingerprint density at radius 2 is 2.11 bits per heavy atom. The lowest BCUT2D eigenvalue weighted by Crippen LogP contribution is -2.10. The maximum atomic E-state index is 8.71. The van der Waals surface area contributed by atoms with E-state index in [1.54, 1.807) is 0 Å². The molecule has 1 aromatic carbocycles. The van der Waals surface area contributed by atoms with Gasteiger partial charge in [0, 0.05) is 6.42 Å². The Balaban J connectivity index is 1.87. The molecule has 2 rings (SSSR count). The van der Waals surface area contributed by atoms with Crippen molar-refractivity contribution in [2.24, 2.45) is 5.92 Å². The normalized spacial score (nSPS) is 21.0. The van der Waals surface area contributed by atoms with Crippen LogP contribution in [-0.2, 0) is 11.3 Å². The number of nitriles is 1. The lowest BCUT2D eigenvalue weighted by Gasteiger charge is -2.24. The molecule has 0 N–H and O–H groups in total. The van der Waals surface area contributed by atoms with Gasteiger partial charge in [0.15, 0.2) is 0 Å². The highest BCUT2D eigenvalue weighted by Gasteiger charge is 2.18. The SMILES string of the molecule is N#CCC[C@H]1CCCC/C1=C\OCc1ccccc1. The monoisotopic (exact) mass is 255 g/mol. The van der Waals surface area contributed by atoms with Gasteiger partial charge in [-0.2, -0.15) is 5.26 Å². The van der Waals surface area contributed by atoms with Crippen LogP contribution < -0.4 is 0 Å². The van der Waals surface area contributed by atoms with E-state index in [0.717, 1.165) is 12.8 Å². The molecule has 0 bridgehead atoms. The number of nitrogens with zero attached hydrogens (tertiary/aromatic N) is 1. The lowest BCUT2D eigenvalue weighted by atomic mass is 9.82. The molecule has 1 aliphatic rings. The number of ether oxygens (including phenoxy) is 1. The van der Waals surface area contributed by atoms with Gasteiger partial charge in [-0.3, -0.25) is 0 Å². The molecule has 19 heavy (non-hydrogen) atoms. The number of allylic oxidation sites excluding steroid dienone is 1. The van der Waals surface area contributed by atoms with Crippen LogP contribution in [0.3, 0.4) is 0 Å². The number of hydrogen-bond donors (Lipinski definition) is 0. The first-order valence-electron chi connectivity index (χ1n) is 7.11. The van der Waals surface area contributed by atoms with E-state index in [-0.39, 0.29) is 0 Å². The molecule has 0 saturated heterocycles. The summed E-state index contributed by atoms with van der Waals surface area (Å²) in [5.74, 6) is 0.559. The molecule has 0 amide bonds. The van der Waals surface area contributed by atoms with Crippen molar-refractivity contribution in [1.82, 2.24) is 0 Å². The van der Waals surface area contributed by atoms with Gasteiger partial charge in [0.1, 0.15) is 6.61 Å². The van der Waals surface area contributed by atoms with Gasteiger partial charge in [0.2, 0.25) is 0 Å². The Morgan fingerprint density at radius 3 is 2.89 bits per heavy atom. The smallest absolute Gasteiger partial charge is 0.112 e. The first-order chi connectivity index (χ1) is 9.40. The highest BCUT2D eigenvalue weighted by Crippen LogP contribution is 2.32. The summed E-state index contributed by atoms with van der Waals surface area (Å²) in [5.41, 5.74) is 2.60. The van der Waals surface area contributed by atoms with Crippen LogP contribution in [0.4, 0.5) is 0 Å². The molecule has 100 valence electrons. The molecular formula is C17H21NO. The molecule has 2 heteroatoms. The average Bonchev–Trinajstić information content (AvgIpc) is 2.47. The van der Waals surface area contributed by atoms with Gasteiger partial charge >= 0.3 is 0 Å². The first-order valence-corrected chi connectivity index (χ1v) is 7.11. The van der Waals surface area contributed by atoms with E-state index < -0.39 is 0 Å². The van der Waals surface area contributed by atoms with E-state index >= 15 is 0 Å². The van der Waals surface area contributed by atoms with Crippen molar-refractivity contribution in [3.05, 3.63) is 47.7 Å². The molecular weight excluding hydrogens is 234 g/mol. The first kappa shape index (κ1) is 13.7. The molecule has 1 aliphatic carbocycles. The Morgan fingerprint density at radius 1 is 1.26 bits per heavy atom. The number of hydrogen-bond acceptors (Lipinski definition) is 2. The summed E-state index contributed by atoms with van der Waals surface area (Å²) in [7, 11) is 0. The largest absolute Gasteiger partial charge is 0.497 e. The molecule has 0 radical (unpaired) electrons. The molecule has 0 spiro atoms. The minimum atomic E-state index is 0.559. The second-order valence-corrected chi connectivity index (χ2v) is 5.13. The summed E-state index contributed by atoms with van der Waals surface area (Å²) in [6, 6.07) is 12.5. The highest BCUT2D eigenvalue weighted by atomic mass is 16.5. The van der Waals surface area contributed by atoms with Crippen LogP contribution in [0.1, 0.15) is 44.1 Å². The quantitative estimate of drug-likeness (QED) is 0.721. The Kier molecular flexibility index (Phi) is 5.49. The van der Waals surface area contributed by atoms with E-state index in [9.17, 15) is 0 Å². The van der Waals surface area contributed by atoms with E-state index in [0.29, 0.717) is 18.9 Å². The fourth-order valence-electron chi connectivity index (χ4n) is 2.65. The minimum Gasteiger partial charge on any atom is -0.497 e. The van der Waals surface area contributed by atoms with E-state index in [2.05, 4.69) is 18.2 Å². The summed E-state index contributed by atoms with van der Waals surface area (Å²) < 4.78 is 5.72. The maximum absolute atomic E-state index is 8.71. The number of rotatable bonds is 5. The van der Waals surface area contributed by atoms with Gasteiger partial charge in [0.05, 0.1) is 12.3 Å². The van der Waals surface area contributed by atoms with E-state index in [4.69, 9.17) is 10.00 Å². The van der Waals surface area contributed by atoms with Gasteiger partial charge < -0.3 is 4.74 Å². The van der Waals surface area contributed by atoms with Crippen LogP contribution in [0.5, 0.6) is 0 Å². The molecule has 1 fully saturated rings. The average molecular weight is 255 g/mol. The van der Waals surface area contributed by atoms with Gasteiger partial charge in [-0.25, -0.2) is 0 Å². The summed E-state index contributed by atoms with van der Waals surface area (Å²) in [5, 5.41) is 8.71. The van der Waals surface area contributed by atoms with Crippen molar-refractivity contribution >= 4 is 0 Å². The molecule has 0 unspecified atom stereocenters. The van der Waals surface area contributed by atoms with Crippen LogP contribution in [0.15, 0.2) is 42.2 Å². The third kappa shape index (κ3) is 4.44. The van der Waals surface area contributed by atoms with Crippen LogP contribution >= 0.6 is 0 Å². The van der Waals surface area contributed by atoms with Crippen LogP contribution in [0.25, 0.3) is 0 Å². The topological polar surface area (TPSA) is 33.0 Å². The molecule has 2 nitrogen and oxygen atoms in total. The fraction of sp³-hybridized carbons (Fsp3) is 0.471. The van der Waals surface area contributed by atoms with Crippen LogP contribution in [0, 0.1) is 17.2 Å². The standard InChI is InChI=1S/C17H21NO/c18-12-6-11-16-9-4-5-10-17(16)14-19-13-15-7-2-1-3-8-15/h1-3,7-8,14,16H,4-6,9-11,13H2/b17-14+/t16-/m1/s1. The maximum Gasteiger partial charge on any atom is 0.112 e. The molecule has 1 atom stereocenters. The molecule has 0 aliphatic heterocycles. The van der Waals surface area contributed by atoms with Crippen molar-refractivity contribution in [2.75, 3.05) is 0 Å². The van der Waals surface area contributed by atoms with Crippen molar-refractivity contribution in [1.29, 1.82) is 5.26 Å². The van der Waals surface area contributed by atoms with Gasteiger partial charge in [-0.05, 0) is 42.7 Å². The van der Waals surface area contributed by atoms with E-state index in [1.807, 2.05) is 24.5 Å². The predicted molar refractivity (Wildman–Crippen MR) is 76.1 cm³/mol. The van der Waals surface area contributed by atoms with Crippen molar-refractivity contribution in [3.8, 4) is 6.07 Å². The summed E-state index contributed by atoms with van der Waals surface area (Å²) in [6.45, 7) is 0.634. The summed E-state index contributed by atoms with van der Waals surface area (Å²) >= 11 is 0. The predicted octanol–water partition coefficient (Wildman–Crippen LogP) is 4.58. The zero-order chi connectivity index (χ0) is 13.3. The third-order valence-corrected chi connectivity index (χ3v) is 3.72. The van der Waals surface area contributed by atoms with Crippen LogP contribution in [-0.4, -0.2) is 0 Å². The Hall–Kier alpha value is -1.75. The highest BCUT2D eigenvalue weighted by molar-refractivity contribution is 5.14. The Bertz CT molecular complexity index is 444. The van der Waals surface area contributed by atoms with Crippen molar-refractivity contribution in [2.45, 2.75) is 45.1 Å². The fourth-order valence-corrected chi connectivity index (χ4v) is 2.65. The second-order valence-electron chi connectivity index (χ2n) is 5.13. The zero-order valence-corrected chi connectivity index (χ0v) is 11.3. The lowest BCUT2D eigenvalue weighted by molar-refractivity contribution is 0.225. The number of benzene rings is 1. The van der Waals surface area contributed by atoms with Crippen LogP contribution in [0.2, 0.25) is 0 Å². The minimum absolute atomic E-state index is 0.559. The summed E-state index contributed by atoms with van der Waals surface area (Å²) in [4.78, 5) is 0. The molecule has 1 aromatic rings. The van der Waals surface area contributed by atoms with Gasteiger partial charge in [-0.1, -0.05) is 36.8 Å². The summed E-state index contributed by atoms with van der Waals surface area (Å²) in [6.07, 6.45) is 8.47. The molecule has 0 heterocycles. The Labute approximate surface area is 115 Å². The van der Waals surface area contributed by atoms with Gasteiger partial charge in [-0.15, -0.1) is 0 Å².